The van der Waals surface area contributed by atoms with Gasteiger partial charge in [-0.2, -0.15) is 0 Å². The maximum absolute atomic E-state index is 13.5. The molecule has 5 rings (SSSR count). The lowest BCUT2D eigenvalue weighted by Gasteiger charge is -2.35. The number of nitrogens with zero attached hydrogens (tertiary/aromatic N) is 3. The average Bonchev–Trinajstić information content (AvgIpc) is 3.63. The third kappa shape index (κ3) is 6.16. The Morgan fingerprint density at radius 3 is 2.62 bits per heavy atom. The minimum atomic E-state index is -3.68. The molecule has 37 heavy (non-hydrogen) atoms. The summed E-state index contributed by atoms with van der Waals surface area (Å²) in [7, 11) is -3.68. The van der Waals surface area contributed by atoms with Crippen molar-refractivity contribution in [2.45, 2.75) is 38.7 Å². The molecule has 1 unspecified atom stereocenters. The van der Waals surface area contributed by atoms with Crippen LogP contribution in [0.1, 0.15) is 43.0 Å². The summed E-state index contributed by atoms with van der Waals surface area (Å²) >= 11 is 0. The van der Waals surface area contributed by atoms with E-state index in [4.69, 9.17) is 9.84 Å². The lowest BCUT2D eigenvalue weighted by atomic mass is 9.93. The Kier molecular flexibility index (Phi) is 7.28. The molecule has 0 bridgehead atoms. The maximum atomic E-state index is 13.5. The maximum Gasteiger partial charge on any atom is 0.258 e. The van der Waals surface area contributed by atoms with E-state index in [2.05, 4.69) is 24.8 Å². The summed E-state index contributed by atoms with van der Waals surface area (Å²) in [6.07, 6.45) is 4.77. The summed E-state index contributed by atoms with van der Waals surface area (Å²) in [5.41, 5.74) is 1.98. The van der Waals surface area contributed by atoms with Crippen molar-refractivity contribution in [3.05, 3.63) is 42.0 Å². The van der Waals surface area contributed by atoms with E-state index in [-0.39, 0.29) is 17.8 Å². The van der Waals surface area contributed by atoms with E-state index in [1.54, 1.807) is 24.3 Å². The van der Waals surface area contributed by atoms with Crippen LogP contribution in [0, 0.1) is 5.41 Å². The molecule has 2 aromatic rings. The number of aliphatic hydroxyl groups excluding tert-OH is 1. The van der Waals surface area contributed by atoms with Crippen LogP contribution in [0.25, 0.3) is 0 Å². The molecule has 0 radical (unpaired) electrons. The number of piperidine rings is 1. The fourth-order valence-electron chi connectivity index (χ4n) is 5.18. The summed E-state index contributed by atoms with van der Waals surface area (Å²) < 4.78 is 32.6. The number of aromatic nitrogens is 1. The van der Waals surface area contributed by atoms with E-state index in [9.17, 15) is 13.2 Å². The van der Waals surface area contributed by atoms with Crippen LogP contribution in [0.4, 0.5) is 23.0 Å². The number of sulfonamides is 1. The van der Waals surface area contributed by atoms with Crippen LogP contribution >= 0.6 is 0 Å². The first-order chi connectivity index (χ1) is 17.8. The Hall–Kier alpha value is -2.89. The molecule has 1 aromatic heterocycles. The summed E-state index contributed by atoms with van der Waals surface area (Å²) in [4.78, 5) is 22.4. The largest absolute Gasteiger partial charge is 0.395 e. The summed E-state index contributed by atoms with van der Waals surface area (Å²) in [5, 5.41) is 12.0. The topological polar surface area (TPSA) is 124 Å². The molecule has 1 aromatic carbocycles. The smallest absolute Gasteiger partial charge is 0.258 e. The van der Waals surface area contributed by atoms with Crippen LogP contribution in [0.2, 0.25) is 0 Å². The minimum absolute atomic E-state index is 0.115. The third-order valence-electron chi connectivity index (χ3n) is 7.54. The Morgan fingerprint density at radius 1 is 1.14 bits per heavy atom. The van der Waals surface area contributed by atoms with Gasteiger partial charge in [0.2, 0.25) is 10.0 Å². The van der Waals surface area contributed by atoms with E-state index < -0.39 is 16.6 Å². The van der Waals surface area contributed by atoms with Crippen LogP contribution in [-0.2, 0) is 14.8 Å². The van der Waals surface area contributed by atoms with Crippen molar-refractivity contribution in [2.75, 3.05) is 65.0 Å². The number of morpholine rings is 1. The molecule has 1 amide bonds. The van der Waals surface area contributed by atoms with Crippen molar-refractivity contribution >= 4 is 38.9 Å². The molecule has 3 aliphatic rings. The molecule has 3 fully saturated rings. The molecule has 2 saturated heterocycles. The second-order valence-corrected chi connectivity index (χ2v) is 12.2. The molecule has 3 N–H and O–H groups in total. The number of nitrogens with one attached hydrogen (secondary N) is 2. The number of anilines is 4. The first kappa shape index (κ1) is 25.7. The van der Waals surface area contributed by atoms with E-state index in [1.165, 1.54) is 12.8 Å². The van der Waals surface area contributed by atoms with Crippen LogP contribution in [0.3, 0.4) is 0 Å². The Balaban J connectivity index is 1.38. The van der Waals surface area contributed by atoms with Gasteiger partial charge in [0.15, 0.2) is 0 Å². The van der Waals surface area contributed by atoms with Crippen LogP contribution < -0.4 is 19.8 Å². The first-order valence-corrected chi connectivity index (χ1v) is 14.6. The number of ether oxygens (including phenoxy) is 1. The average molecular weight is 530 g/mol. The zero-order valence-corrected chi connectivity index (χ0v) is 22.0. The molecule has 2 aliphatic heterocycles. The minimum Gasteiger partial charge on any atom is -0.395 e. The molecule has 1 aliphatic carbocycles. The van der Waals surface area contributed by atoms with Crippen LogP contribution in [0.15, 0.2) is 36.4 Å². The van der Waals surface area contributed by atoms with Crippen molar-refractivity contribution in [3.63, 3.8) is 0 Å². The highest BCUT2D eigenvalue weighted by molar-refractivity contribution is 7.92. The molecule has 3 heterocycles. The van der Waals surface area contributed by atoms with E-state index in [1.807, 2.05) is 19.1 Å². The van der Waals surface area contributed by atoms with Gasteiger partial charge in [0.25, 0.3) is 5.91 Å². The Morgan fingerprint density at radius 2 is 1.92 bits per heavy atom. The number of pyridine rings is 1. The predicted molar refractivity (Wildman–Crippen MR) is 144 cm³/mol. The second-order valence-electron chi connectivity index (χ2n) is 10.3. The predicted octanol–water partition coefficient (Wildman–Crippen LogP) is 2.67. The number of hydrogen-bond acceptors (Lipinski definition) is 8. The fraction of sp³-hybridized carbons (Fsp3) is 0.538. The molecule has 1 atom stereocenters. The fourth-order valence-corrected chi connectivity index (χ4v) is 6.01. The van der Waals surface area contributed by atoms with Gasteiger partial charge in [0.1, 0.15) is 11.6 Å². The highest BCUT2D eigenvalue weighted by Gasteiger charge is 2.44. The van der Waals surface area contributed by atoms with Crippen molar-refractivity contribution in [1.82, 2.24) is 4.98 Å². The monoisotopic (exact) mass is 529 g/mol. The quantitative estimate of drug-likeness (QED) is 0.477. The Labute approximate surface area is 218 Å². The van der Waals surface area contributed by atoms with Crippen LogP contribution in [-0.4, -0.2) is 75.7 Å². The van der Waals surface area contributed by atoms with Gasteiger partial charge < -0.3 is 25.0 Å². The zero-order chi connectivity index (χ0) is 26.0. The number of carbonyl (C=O) groups excluding carboxylic acids is 1. The Bertz CT molecular complexity index is 1240. The number of hydrogen-bond donors (Lipinski definition) is 3. The molecule has 1 saturated carbocycles. The lowest BCUT2D eigenvalue weighted by Crippen LogP contribution is -2.41. The van der Waals surface area contributed by atoms with Gasteiger partial charge in [0, 0.05) is 26.2 Å². The summed E-state index contributed by atoms with van der Waals surface area (Å²) in [6, 6.07) is 10.5. The number of carbonyl (C=O) groups is 1. The van der Waals surface area contributed by atoms with Gasteiger partial charge >= 0.3 is 0 Å². The lowest BCUT2D eigenvalue weighted by molar-refractivity contribution is 0.0529. The third-order valence-corrected chi connectivity index (χ3v) is 8.81. The van der Waals surface area contributed by atoms with Gasteiger partial charge in [-0.1, -0.05) is 6.07 Å². The van der Waals surface area contributed by atoms with Crippen molar-refractivity contribution in [1.29, 1.82) is 0 Å². The van der Waals surface area contributed by atoms with Crippen LogP contribution in [0.5, 0.6) is 0 Å². The van der Waals surface area contributed by atoms with Crippen molar-refractivity contribution in [2.24, 2.45) is 5.41 Å². The number of amides is 1. The molecular formula is C26H35N5O5S. The SMILES string of the molecule is CC1CN(c2cccc(NC(=O)c3ccc(NS(=O)(=O)CCO)cc3N3CCC4(CC3)CC4)n2)CCO1. The normalized spacial score (nSPS) is 21.1. The summed E-state index contributed by atoms with van der Waals surface area (Å²) in [5.74, 6) is 0.552. The molecule has 10 nitrogen and oxygen atoms in total. The van der Waals surface area contributed by atoms with E-state index in [0.29, 0.717) is 34.8 Å². The zero-order valence-electron chi connectivity index (χ0n) is 21.1. The first-order valence-electron chi connectivity index (χ1n) is 12.9. The summed E-state index contributed by atoms with van der Waals surface area (Å²) in [6.45, 7) is 5.30. The van der Waals surface area contributed by atoms with Crippen molar-refractivity contribution < 1.29 is 23.1 Å². The van der Waals surface area contributed by atoms with E-state index >= 15 is 0 Å². The highest BCUT2D eigenvalue weighted by atomic mass is 32.2. The second kappa shape index (κ2) is 10.5. The molecule has 11 heteroatoms. The highest BCUT2D eigenvalue weighted by Crippen LogP contribution is 2.54. The van der Waals surface area contributed by atoms with Gasteiger partial charge in [-0.15, -0.1) is 0 Å². The number of rotatable bonds is 8. The van der Waals surface area contributed by atoms with Gasteiger partial charge in [0.05, 0.1) is 42.0 Å². The standard InChI is InChI=1S/C26H35N5O5S/c1-19-18-31(13-15-36-19)24-4-2-3-23(27-24)28-25(33)21-6-5-20(29-37(34,35)16-14-32)17-22(21)30-11-9-26(7-8-26)10-12-30/h2-6,17,19,29,32H,7-16,18H2,1H3,(H,27,28,33). The number of benzene rings is 1. The number of aliphatic hydroxyl groups is 1. The molecule has 1 spiro atoms. The van der Waals surface area contributed by atoms with Gasteiger partial charge in [-0.3, -0.25) is 9.52 Å². The molecule has 200 valence electrons. The molecular weight excluding hydrogens is 494 g/mol. The van der Waals surface area contributed by atoms with Gasteiger partial charge in [-0.05, 0) is 68.4 Å². The van der Waals surface area contributed by atoms with Crippen molar-refractivity contribution in [3.8, 4) is 0 Å². The van der Waals surface area contributed by atoms with Gasteiger partial charge in [-0.25, -0.2) is 13.4 Å². The van der Waals surface area contributed by atoms with E-state index in [0.717, 1.165) is 44.8 Å².